The molecule has 7 nitrogen and oxygen atoms in total. The minimum Gasteiger partial charge on any atom is -0.355 e. The summed E-state index contributed by atoms with van der Waals surface area (Å²) in [6, 6.07) is -1.47. The molecule has 1 atom stereocenters. The van der Waals surface area contributed by atoms with Gasteiger partial charge in [-0.15, -0.1) is 0 Å². The number of sulfonamides is 1. The van der Waals surface area contributed by atoms with Crippen molar-refractivity contribution in [1.82, 2.24) is 19.4 Å². The predicted molar refractivity (Wildman–Crippen MR) is 96.7 cm³/mol. The van der Waals surface area contributed by atoms with Gasteiger partial charge in [-0.05, 0) is 6.92 Å². The topological polar surface area (TPSA) is 68.2 Å². The van der Waals surface area contributed by atoms with Gasteiger partial charge in [0.15, 0.2) is 5.96 Å². The Labute approximate surface area is 154 Å². The molecule has 0 saturated carbocycles. The van der Waals surface area contributed by atoms with Gasteiger partial charge in [-0.25, -0.2) is 12.7 Å². The number of hydrogen-bond donors (Lipinski definition) is 1. The molecule has 0 aromatic heterocycles. The zero-order chi connectivity index (χ0) is 20.0. The van der Waals surface area contributed by atoms with Crippen LogP contribution in [0.15, 0.2) is 4.99 Å². The molecule has 0 radical (unpaired) electrons. The first-order chi connectivity index (χ1) is 12.1. The number of piperazine rings is 1. The second-order valence-corrected chi connectivity index (χ2v) is 8.20. The standard InChI is InChI=1S/C15H30F3N5O2S/c1-5-23(6-2)26(24,25)12-7-20-14(19-4)22-10-8-21(9-11-22)13(3)15(16,17)18/h13H,5-12H2,1-4H3,(H,19,20). The van der Waals surface area contributed by atoms with Gasteiger partial charge in [0.05, 0.1) is 5.75 Å². The monoisotopic (exact) mass is 401 g/mol. The smallest absolute Gasteiger partial charge is 0.355 e. The molecule has 1 aliphatic heterocycles. The van der Waals surface area contributed by atoms with Crippen LogP contribution in [0.4, 0.5) is 13.2 Å². The highest BCUT2D eigenvalue weighted by atomic mass is 32.2. The van der Waals surface area contributed by atoms with Crippen molar-refractivity contribution >= 4 is 16.0 Å². The van der Waals surface area contributed by atoms with Gasteiger partial charge in [-0.3, -0.25) is 9.89 Å². The van der Waals surface area contributed by atoms with E-state index in [2.05, 4.69) is 10.3 Å². The summed E-state index contributed by atoms with van der Waals surface area (Å²) in [5, 5.41) is 3.00. The first-order valence-corrected chi connectivity index (χ1v) is 10.4. The minimum atomic E-state index is -4.24. The van der Waals surface area contributed by atoms with Crippen molar-refractivity contribution < 1.29 is 21.6 Å². The number of alkyl halides is 3. The molecule has 0 spiro atoms. The van der Waals surface area contributed by atoms with Gasteiger partial charge in [-0.2, -0.15) is 13.2 Å². The number of nitrogens with one attached hydrogen (secondary N) is 1. The SMILES string of the molecule is CCN(CC)S(=O)(=O)CCNC(=NC)N1CCN(C(C)C(F)(F)F)CC1. The van der Waals surface area contributed by atoms with Crippen molar-refractivity contribution in [2.24, 2.45) is 4.99 Å². The van der Waals surface area contributed by atoms with Crippen LogP contribution in [0.2, 0.25) is 0 Å². The van der Waals surface area contributed by atoms with Crippen LogP contribution in [0.3, 0.4) is 0 Å². The molecule has 154 valence electrons. The van der Waals surface area contributed by atoms with E-state index in [4.69, 9.17) is 0 Å². The highest BCUT2D eigenvalue weighted by Crippen LogP contribution is 2.25. The highest BCUT2D eigenvalue weighted by molar-refractivity contribution is 7.89. The number of halogens is 3. The second-order valence-electron chi connectivity index (χ2n) is 6.11. The zero-order valence-electron chi connectivity index (χ0n) is 15.9. The van der Waals surface area contributed by atoms with Crippen LogP contribution in [0.5, 0.6) is 0 Å². The van der Waals surface area contributed by atoms with Crippen LogP contribution in [-0.4, -0.2) is 99.3 Å². The molecule has 0 bridgehead atoms. The fourth-order valence-electron chi connectivity index (χ4n) is 2.90. The van der Waals surface area contributed by atoms with Gasteiger partial charge in [-0.1, -0.05) is 13.8 Å². The number of aliphatic imine (C=N–C) groups is 1. The summed E-state index contributed by atoms with van der Waals surface area (Å²) in [4.78, 5) is 7.37. The Hall–Kier alpha value is -1.07. The maximum absolute atomic E-state index is 12.8. The molecule has 0 aromatic rings. The van der Waals surface area contributed by atoms with Gasteiger partial charge < -0.3 is 10.2 Å². The van der Waals surface area contributed by atoms with E-state index >= 15 is 0 Å². The molecule has 0 aliphatic carbocycles. The Bertz CT molecular complexity index is 556. The fourth-order valence-corrected chi connectivity index (χ4v) is 4.30. The summed E-state index contributed by atoms with van der Waals surface area (Å²) in [6.07, 6.45) is -4.24. The van der Waals surface area contributed by atoms with Crippen LogP contribution in [0.25, 0.3) is 0 Å². The van der Waals surface area contributed by atoms with Gasteiger partial charge >= 0.3 is 6.18 Å². The molecule has 1 heterocycles. The largest absolute Gasteiger partial charge is 0.403 e. The van der Waals surface area contributed by atoms with Crippen LogP contribution < -0.4 is 5.32 Å². The third kappa shape index (κ3) is 6.27. The number of nitrogens with zero attached hydrogens (tertiary/aromatic N) is 4. The molecule has 1 N–H and O–H groups in total. The quantitative estimate of drug-likeness (QED) is 0.505. The predicted octanol–water partition coefficient (Wildman–Crippen LogP) is 0.802. The average molecular weight is 401 g/mol. The van der Waals surface area contributed by atoms with Crippen molar-refractivity contribution in [2.75, 3.05) is 58.6 Å². The Morgan fingerprint density at radius 1 is 1.19 bits per heavy atom. The molecule has 0 amide bonds. The molecule has 1 aliphatic rings. The van der Waals surface area contributed by atoms with Crippen molar-refractivity contribution in [2.45, 2.75) is 33.0 Å². The van der Waals surface area contributed by atoms with Gasteiger partial charge in [0.25, 0.3) is 0 Å². The molecule has 26 heavy (non-hydrogen) atoms. The average Bonchev–Trinajstić information content (AvgIpc) is 2.58. The van der Waals surface area contributed by atoms with E-state index in [-0.39, 0.29) is 25.4 Å². The summed E-state index contributed by atoms with van der Waals surface area (Å²) in [6.45, 7) is 7.15. The van der Waals surface area contributed by atoms with E-state index < -0.39 is 22.2 Å². The van der Waals surface area contributed by atoms with Gasteiger partial charge in [0.1, 0.15) is 6.04 Å². The Balaban J connectivity index is 2.52. The minimum absolute atomic E-state index is 0.0568. The third-order valence-corrected chi connectivity index (χ3v) is 6.61. The van der Waals surface area contributed by atoms with E-state index in [1.54, 1.807) is 20.9 Å². The molecule has 1 saturated heterocycles. The van der Waals surface area contributed by atoms with E-state index in [9.17, 15) is 21.6 Å². The van der Waals surface area contributed by atoms with E-state index in [1.807, 2.05) is 4.90 Å². The third-order valence-electron chi connectivity index (χ3n) is 4.59. The lowest BCUT2D eigenvalue weighted by Gasteiger charge is -2.39. The van der Waals surface area contributed by atoms with Crippen LogP contribution >= 0.6 is 0 Å². The maximum atomic E-state index is 12.8. The Morgan fingerprint density at radius 2 is 1.73 bits per heavy atom. The van der Waals surface area contributed by atoms with E-state index in [1.165, 1.54) is 16.1 Å². The maximum Gasteiger partial charge on any atom is 0.403 e. The van der Waals surface area contributed by atoms with Crippen LogP contribution in [0, 0.1) is 0 Å². The molecule has 0 aromatic carbocycles. The van der Waals surface area contributed by atoms with Crippen LogP contribution in [-0.2, 0) is 10.0 Å². The summed E-state index contributed by atoms with van der Waals surface area (Å²) in [5.74, 6) is 0.456. The lowest BCUT2D eigenvalue weighted by molar-refractivity contribution is -0.181. The molecule has 1 fully saturated rings. The molecule has 11 heteroatoms. The van der Waals surface area contributed by atoms with Gasteiger partial charge in [0, 0.05) is 52.9 Å². The normalized spacial score (nSPS) is 19.1. The Kier molecular flexibility index (Phi) is 8.61. The molecular weight excluding hydrogens is 371 g/mol. The van der Waals surface area contributed by atoms with E-state index in [0.717, 1.165) is 0 Å². The van der Waals surface area contributed by atoms with Crippen molar-refractivity contribution in [3.8, 4) is 0 Å². The Morgan fingerprint density at radius 3 is 2.15 bits per heavy atom. The lowest BCUT2D eigenvalue weighted by atomic mass is 10.2. The number of hydrogen-bond acceptors (Lipinski definition) is 4. The zero-order valence-corrected chi connectivity index (χ0v) is 16.7. The summed E-state index contributed by atoms with van der Waals surface area (Å²) in [7, 11) is -1.75. The molecular formula is C15H30F3N5O2S. The number of guanidine groups is 1. The molecule has 1 rings (SSSR count). The van der Waals surface area contributed by atoms with Crippen molar-refractivity contribution in [3.63, 3.8) is 0 Å². The first-order valence-electron chi connectivity index (χ1n) is 8.81. The van der Waals surface area contributed by atoms with Crippen molar-refractivity contribution in [1.29, 1.82) is 0 Å². The molecule has 1 unspecified atom stereocenters. The second kappa shape index (κ2) is 9.75. The van der Waals surface area contributed by atoms with Crippen LogP contribution in [0.1, 0.15) is 20.8 Å². The lowest BCUT2D eigenvalue weighted by Crippen LogP contribution is -2.57. The summed E-state index contributed by atoms with van der Waals surface area (Å²) >= 11 is 0. The highest BCUT2D eigenvalue weighted by Gasteiger charge is 2.41. The number of rotatable bonds is 7. The summed E-state index contributed by atoms with van der Waals surface area (Å²) < 4.78 is 64.2. The first kappa shape index (κ1) is 23.0. The van der Waals surface area contributed by atoms with Gasteiger partial charge in [0.2, 0.25) is 10.0 Å². The summed E-state index contributed by atoms with van der Waals surface area (Å²) in [5.41, 5.74) is 0. The van der Waals surface area contributed by atoms with E-state index in [0.29, 0.717) is 32.1 Å². The van der Waals surface area contributed by atoms with Crippen molar-refractivity contribution in [3.05, 3.63) is 0 Å². The fraction of sp³-hybridized carbons (Fsp3) is 0.933.